The van der Waals surface area contributed by atoms with Crippen molar-refractivity contribution in [2.24, 2.45) is 0 Å². The molecule has 0 bridgehead atoms. The van der Waals surface area contributed by atoms with Gasteiger partial charge in [0.15, 0.2) is 0 Å². The van der Waals surface area contributed by atoms with E-state index in [9.17, 15) is 9.59 Å². The second-order valence-electron chi connectivity index (χ2n) is 6.93. The lowest BCUT2D eigenvalue weighted by Crippen LogP contribution is -2.26. The van der Waals surface area contributed by atoms with E-state index in [0.717, 1.165) is 18.4 Å². The van der Waals surface area contributed by atoms with Gasteiger partial charge in [-0.1, -0.05) is 30.3 Å². The van der Waals surface area contributed by atoms with Crippen LogP contribution in [-0.4, -0.2) is 34.3 Å². The Balaban J connectivity index is 1.33. The molecule has 0 saturated carbocycles. The number of benzene rings is 2. The topological polar surface area (TPSA) is 85.2 Å². The molecule has 0 radical (unpaired) electrons. The van der Waals surface area contributed by atoms with Crippen LogP contribution >= 0.6 is 0 Å². The van der Waals surface area contributed by atoms with Crippen LogP contribution in [-0.2, 0) is 16.1 Å². The van der Waals surface area contributed by atoms with Crippen molar-refractivity contribution in [1.29, 1.82) is 0 Å². The molecular formula is C22H22N4O3. The molecule has 1 fully saturated rings. The van der Waals surface area contributed by atoms with Crippen LogP contribution in [0.1, 0.15) is 28.8 Å². The molecule has 2 heterocycles. The van der Waals surface area contributed by atoms with Crippen LogP contribution in [0.2, 0.25) is 0 Å². The molecule has 1 atom stereocenters. The molecule has 7 nitrogen and oxygen atoms in total. The summed E-state index contributed by atoms with van der Waals surface area (Å²) < 4.78 is 7.10. The molecule has 1 unspecified atom stereocenters. The van der Waals surface area contributed by atoms with Crippen molar-refractivity contribution in [3.63, 3.8) is 0 Å². The Morgan fingerprint density at radius 1 is 1.03 bits per heavy atom. The molecule has 1 aliphatic rings. The maximum Gasteiger partial charge on any atom is 0.258 e. The van der Waals surface area contributed by atoms with Crippen LogP contribution < -0.4 is 10.6 Å². The van der Waals surface area contributed by atoms with E-state index in [1.54, 1.807) is 41.3 Å². The first-order valence-electron chi connectivity index (χ1n) is 9.58. The number of aromatic nitrogens is 2. The zero-order valence-electron chi connectivity index (χ0n) is 15.9. The summed E-state index contributed by atoms with van der Waals surface area (Å²) in [5.74, 6) is -0.370. The molecule has 2 aromatic carbocycles. The number of amides is 2. The van der Waals surface area contributed by atoms with Gasteiger partial charge in [0.2, 0.25) is 0 Å². The van der Waals surface area contributed by atoms with Crippen LogP contribution in [0, 0.1) is 0 Å². The number of nitrogens with zero attached hydrogens (tertiary/aromatic N) is 2. The Morgan fingerprint density at radius 3 is 2.45 bits per heavy atom. The fourth-order valence-electron chi connectivity index (χ4n) is 3.19. The van der Waals surface area contributed by atoms with Gasteiger partial charge in [0.25, 0.3) is 11.8 Å². The standard InChI is InChI=1S/C22H22N4O3/c27-21(17-13-23-26(15-17)14-16-5-2-1-3-6-16)24-18-8-10-19(11-9-18)25-22(28)20-7-4-12-29-20/h1-3,5-6,8-11,13,15,20H,4,7,12,14H2,(H,24,27)(H,25,28). The highest BCUT2D eigenvalue weighted by Gasteiger charge is 2.23. The van der Waals surface area contributed by atoms with E-state index in [0.29, 0.717) is 30.1 Å². The van der Waals surface area contributed by atoms with Crippen molar-refractivity contribution < 1.29 is 14.3 Å². The number of rotatable bonds is 6. The third-order valence-corrected chi connectivity index (χ3v) is 4.72. The predicted molar refractivity (Wildman–Crippen MR) is 110 cm³/mol. The van der Waals surface area contributed by atoms with E-state index >= 15 is 0 Å². The van der Waals surface area contributed by atoms with Crippen molar-refractivity contribution in [2.45, 2.75) is 25.5 Å². The summed E-state index contributed by atoms with van der Waals surface area (Å²) >= 11 is 0. The minimum absolute atomic E-state index is 0.134. The van der Waals surface area contributed by atoms with Crippen molar-refractivity contribution in [3.8, 4) is 0 Å². The first-order chi connectivity index (χ1) is 14.2. The van der Waals surface area contributed by atoms with E-state index in [1.807, 2.05) is 30.3 Å². The van der Waals surface area contributed by atoms with Gasteiger partial charge in [-0.15, -0.1) is 0 Å². The summed E-state index contributed by atoms with van der Waals surface area (Å²) in [6, 6.07) is 16.9. The molecule has 29 heavy (non-hydrogen) atoms. The predicted octanol–water partition coefficient (Wildman–Crippen LogP) is 3.30. The zero-order chi connectivity index (χ0) is 20.1. The van der Waals surface area contributed by atoms with Gasteiger partial charge in [-0.2, -0.15) is 5.10 Å². The Kier molecular flexibility index (Phi) is 5.67. The molecule has 4 rings (SSSR count). The van der Waals surface area contributed by atoms with Crippen LogP contribution in [0.5, 0.6) is 0 Å². The summed E-state index contributed by atoms with van der Waals surface area (Å²) in [6.45, 7) is 1.23. The monoisotopic (exact) mass is 390 g/mol. The third kappa shape index (κ3) is 4.89. The highest BCUT2D eigenvalue weighted by atomic mass is 16.5. The molecule has 7 heteroatoms. The smallest absolute Gasteiger partial charge is 0.258 e. The molecular weight excluding hydrogens is 368 g/mol. The lowest BCUT2D eigenvalue weighted by atomic mass is 10.2. The van der Waals surface area contributed by atoms with Crippen molar-refractivity contribution >= 4 is 23.2 Å². The van der Waals surface area contributed by atoms with E-state index < -0.39 is 0 Å². The van der Waals surface area contributed by atoms with Gasteiger partial charge >= 0.3 is 0 Å². The number of carbonyl (C=O) groups is 2. The summed E-state index contributed by atoms with van der Waals surface area (Å²) in [4.78, 5) is 24.5. The Bertz CT molecular complexity index is 977. The minimum atomic E-state index is -0.373. The summed E-state index contributed by atoms with van der Waals surface area (Å²) in [5.41, 5.74) is 2.90. The number of carbonyl (C=O) groups excluding carboxylic acids is 2. The van der Waals surface area contributed by atoms with Crippen molar-refractivity contribution in [2.75, 3.05) is 17.2 Å². The van der Waals surface area contributed by atoms with Gasteiger partial charge in [-0.25, -0.2) is 0 Å². The van der Waals surface area contributed by atoms with E-state index in [2.05, 4.69) is 15.7 Å². The first kappa shape index (κ1) is 18.9. The molecule has 1 aromatic heterocycles. The van der Waals surface area contributed by atoms with Crippen LogP contribution in [0.25, 0.3) is 0 Å². The molecule has 0 spiro atoms. The Labute approximate surface area is 168 Å². The van der Waals surface area contributed by atoms with E-state index in [4.69, 9.17) is 4.74 Å². The Morgan fingerprint density at radius 2 is 1.76 bits per heavy atom. The van der Waals surface area contributed by atoms with Crippen LogP contribution in [0.3, 0.4) is 0 Å². The van der Waals surface area contributed by atoms with Gasteiger partial charge in [-0.05, 0) is 42.7 Å². The maximum absolute atomic E-state index is 12.5. The van der Waals surface area contributed by atoms with Crippen molar-refractivity contribution in [3.05, 3.63) is 78.1 Å². The van der Waals surface area contributed by atoms with Crippen LogP contribution in [0.15, 0.2) is 67.0 Å². The fourth-order valence-corrected chi connectivity index (χ4v) is 3.19. The summed E-state index contributed by atoms with van der Waals surface area (Å²) in [5, 5.41) is 9.93. The molecule has 0 aliphatic carbocycles. The number of hydrogen-bond donors (Lipinski definition) is 2. The molecule has 2 amide bonds. The largest absolute Gasteiger partial charge is 0.368 e. The lowest BCUT2D eigenvalue weighted by Gasteiger charge is -2.11. The average molecular weight is 390 g/mol. The number of anilines is 2. The lowest BCUT2D eigenvalue weighted by molar-refractivity contribution is -0.124. The first-order valence-corrected chi connectivity index (χ1v) is 9.58. The molecule has 3 aromatic rings. The molecule has 2 N–H and O–H groups in total. The van der Waals surface area contributed by atoms with Gasteiger partial charge in [-0.3, -0.25) is 14.3 Å². The fraction of sp³-hybridized carbons (Fsp3) is 0.227. The Hall–Kier alpha value is -3.45. The van der Waals surface area contributed by atoms with Gasteiger partial charge in [0.1, 0.15) is 6.10 Å². The number of nitrogens with one attached hydrogen (secondary N) is 2. The van der Waals surface area contributed by atoms with Gasteiger partial charge in [0.05, 0.1) is 18.3 Å². The highest BCUT2D eigenvalue weighted by Crippen LogP contribution is 2.18. The zero-order valence-corrected chi connectivity index (χ0v) is 15.9. The van der Waals surface area contributed by atoms with E-state index in [1.165, 1.54) is 0 Å². The van der Waals surface area contributed by atoms with Crippen LogP contribution in [0.4, 0.5) is 11.4 Å². The molecule has 148 valence electrons. The highest BCUT2D eigenvalue weighted by molar-refractivity contribution is 6.04. The number of hydrogen-bond acceptors (Lipinski definition) is 4. The molecule has 1 saturated heterocycles. The number of ether oxygens (including phenoxy) is 1. The second-order valence-corrected chi connectivity index (χ2v) is 6.93. The van der Waals surface area contributed by atoms with E-state index in [-0.39, 0.29) is 17.9 Å². The van der Waals surface area contributed by atoms with Gasteiger partial charge in [0, 0.05) is 24.2 Å². The summed E-state index contributed by atoms with van der Waals surface area (Å²) in [7, 11) is 0. The SMILES string of the molecule is O=C(Nc1ccc(NC(=O)C2CCCO2)cc1)c1cnn(Cc2ccccc2)c1. The average Bonchev–Trinajstić information content (AvgIpc) is 3.42. The summed E-state index contributed by atoms with van der Waals surface area (Å²) in [6.07, 6.45) is 4.55. The quantitative estimate of drug-likeness (QED) is 0.676. The maximum atomic E-state index is 12.5. The minimum Gasteiger partial charge on any atom is -0.368 e. The van der Waals surface area contributed by atoms with Crippen molar-refractivity contribution in [1.82, 2.24) is 9.78 Å². The molecule has 1 aliphatic heterocycles. The third-order valence-electron chi connectivity index (χ3n) is 4.72. The second kappa shape index (κ2) is 8.70. The normalized spacial score (nSPS) is 15.8. The van der Waals surface area contributed by atoms with Gasteiger partial charge < -0.3 is 15.4 Å².